The molecule has 1 heterocycles. The summed E-state index contributed by atoms with van der Waals surface area (Å²) in [5.74, 6) is -3.26. The molecule has 3 N–H and O–H groups in total. The molecular formula is C33H40F5N5O3S2. The maximum atomic E-state index is 14.0. The number of thiocarbonyl (C=S) groups is 1. The molecule has 48 heavy (non-hydrogen) atoms. The number of nitriles is 1. The van der Waals surface area contributed by atoms with Crippen LogP contribution in [0.5, 0.6) is 0 Å². The Hall–Kier alpha value is -3.90. The Balaban J connectivity index is 0.000000424. The Kier molecular flexibility index (Phi) is 15.8. The number of rotatable bonds is 7. The van der Waals surface area contributed by atoms with Crippen molar-refractivity contribution in [2.45, 2.75) is 90.7 Å². The molecule has 1 fully saturated rings. The number of hydrogen-bond donors (Lipinski definition) is 3. The van der Waals surface area contributed by atoms with Crippen LogP contribution < -0.4 is 16.0 Å². The molecule has 1 aliphatic carbocycles. The maximum absolute atomic E-state index is 14.0. The standard InChI is InChI=1S/C17H20F2N2O2S.C13H13N3OS.C2H3F3.CH4/c1-16(2,8-5-9-22)14(23)21-15(24)20-13-10-17(18,19)12-7-4-3-6-11(12)13;1-8(11-5-3-10(7-14)4-6-11)15-13-16-12(17)9(2)18-13;1-2(3,4)5;/h3-4,6-7,9,13H,5,8,10H2,1-2H3,(H2,20,21,23,24);3-6,8-9H,1-2H3,(H,15,16,17);1H3;1H4/t13-;8-,9?;;/m00../s1. The van der Waals surface area contributed by atoms with Crippen LogP contribution in [0, 0.1) is 16.7 Å². The molecule has 0 saturated carbocycles. The molecule has 15 heteroatoms. The lowest BCUT2D eigenvalue weighted by Crippen LogP contribution is -2.46. The number of benzene rings is 2. The van der Waals surface area contributed by atoms with Crippen LogP contribution in [-0.4, -0.2) is 39.8 Å². The summed E-state index contributed by atoms with van der Waals surface area (Å²) < 4.78 is 59.1. The second-order valence-corrected chi connectivity index (χ2v) is 13.2. The van der Waals surface area contributed by atoms with Crippen LogP contribution in [0.15, 0.2) is 53.5 Å². The minimum Gasteiger partial charge on any atom is -0.355 e. The van der Waals surface area contributed by atoms with Gasteiger partial charge in [0.1, 0.15) is 6.29 Å². The van der Waals surface area contributed by atoms with Gasteiger partial charge in [-0.05, 0) is 55.7 Å². The van der Waals surface area contributed by atoms with Crippen molar-refractivity contribution in [1.82, 2.24) is 16.0 Å². The van der Waals surface area contributed by atoms with Crippen LogP contribution in [0.2, 0.25) is 0 Å². The predicted molar refractivity (Wildman–Crippen MR) is 181 cm³/mol. The van der Waals surface area contributed by atoms with Gasteiger partial charge < -0.3 is 20.7 Å². The number of amidine groups is 1. The van der Waals surface area contributed by atoms with Gasteiger partial charge in [0, 0.05) is 30.7 Å². The first-order valence-electron chi connectivity index (χ1n) is 14.4. The van der Waals surface area contributed by atoms with E-state index in [1.807, 2.05) is 26.0 Å². The average Bonchev–Trinajstić information content (AvgIpc) is 3.44. The zero-order valence-corrected chi connectivity index (χ0v) is 28.0. The number of alkyl halides is 5. The summed E-state index contributed by atoms with van der Waals surface area (Å²) in [6.07, 6.45) is -3.00. The molecule has 2 amide bonds. The molecule has 262 valence electrons. The van der Waals surface area contributed by atoms with Crippen molar-refractivity contribution in [3.8, 4) is 6.07 Å². The zero-order chi connectivity index (χ0) is 35.6. The number of thioether (sulfide) groups is 1. The van der Waals surface area contributed by atoms with E-state index >= 15 is 0 Å². The second-order valence-electron chi connectivity index (χ2n) is 11.4. The summed E-state index contributed by atoms with van der Waals surface area (Å²) in [7, 11) is 0. The van der Waals surface area contributed by atoms with Gasteiger partial charge >= 0.3 is 6.18 Å². The minimum atomic E-state index is -4.00. The lowest BCUT2D eigenvalue weighted by Gasteiger charge is -2.24. The van der Waals surface area contributed by atoms with Gasteiger partial charge in [0.15, 0.2) is 10.3 Å². The van der Waals surface area contributed by atoms with Gasteiger partial charge in [-0.2, -0.15) is 18.4 Å². The van der Waals surface area contributed by atoms with Gasteiger partial charge in [-0.15, -0.1) is 0 Å². The predicted octanol–water partition coefficient (Wildman–Crippen LogP) is 7.65. The first-order valence-corrected chi connectivity index (χ1v) is 15.7. The number of carbonyl (C=O) groups is 3. The van der Waals surface area contributed by atoms with Gasteiger partial charge in [0.25, 0.3) is 5.92 Å². The third kappa shape index (κ3) is 13.3. The highest BCUT2D eigenvalue weighted by atomic mass is 32.2. The summed E-state index contributed by atoms with van der Waals surface area (Å²) >= 11 is 6.54. The van der Waals surface area contributed by atoms with Crippen molar-refractivity contribution in [1.29, 1.82) is 5.26 Å². The lowest BCUT2D eigenvalue weighted by molar-refractivity contribution is -0.128. The van der Waals surface area contributed by atoms with Crippen LogP contribution in [-0.2, 0) is 20.3 Å². The number of aliphatic imine (C=N–C) groups is 1. The van der Waals surface area contributed by atoms with Crippen molar-refractivity contribution >= 4 is 52.4 Å². The molecule has 2 aromatic carbocycles. The molecule has 8 nitrogen and oxygen atoms in total. The number of halogens is 5. The first-order chi connectivity index (χ1) is 21.8. The number of amides is 2. The molecule has 1 saturated heterocycles. The average molecular weight is 714 g/mol. The first kappa shape index (κ1) is 42.1. The monoisotopic (exact) mass is 713 g/mol. The Morgan fingerprint density at radius 3 is 2.29 bits per heavy atom. The Morgan fingerprint density at radius 2 is 1.77 bits per heavy atom. The summed E-state index contributed by atoms with van der Waals surface area (Å²) in [6, 6.07) is 15.0. The second kappa shape index (κ2) is 18.0. The number of carbonyl (C=O) groups excluding carboxylic acids is 3. The van der Waals surface area contributed by atoms with Crippen molar-refractivity contribution in [2.75, 3.05) is 0 Å². The fourth-order valence-corrected chi connectivity index (χ4v) is 5.46. The summed E-state index contributed by atoms with van der Waals surface area (Å²) in [5.41, 5.74) is 1.36. The minimum absolute atomic E-state index is 0. The van der Waals surface area contributed by atoms with Crippen molar-refractivity contribution < 1.29 is 36.3 Å². The molecule has 1 unspecified atom stereocenters. The molecule has 0 bridgehead atoms. The number of aldehydes is 1. The molecule has 0 radical (unpaired) electrons. The molecule has 2 aromatic rings. The SMILES string of the molecule is C.CC(C)(CCC=O)C(=O)NC(=S)N[C@H]1CC(F)(F)c2ccccc21.CC(F)(F)F.CC1SC(=N[C@@H](C)c2ccc(C#N)cc2)NC1=O. The van der Waals surface area contributed by atoms with E-state index in [0.717, 1.165) is 11.8 Å². The number of fused-ring (bicyclic) bond motifs is 1. The Bertz CT molecular complexity index is 1500. The van der Waals surface area contributed by atoms with Crippen molar-refractivity contribution in [3.63, 3.8) is 0 Å². The summed E-state index contributed by atoms with van der Waals surface area (Å²) in [6.45, 7) is 7.41. The quantitative estimate of drug-likeness (QED) is 0.153. The van der Waals surface area contributed by atoms with Crippen LogP contribution in [0.1, 0.15) is 95.6 Å². The van der Waals surface area contributed by atoms with E-state index in [1.54, 1.807) is 44.2 Å². The van der Waals surface area contributed by atoms with Gasteiger partial charge in [-0.1, -0.05) is 69.4 Å². The smallest absolute Gasteiger partial charge is 0.355 e. The van der Waals surface area contributed by atoms with Crippen LogP contribution in [0.4, 0.5) is 22.0 Å². The maximum Gasteiger partial charge on any atom is 0.386 e. The van der Waals surface area contributed by atoms with Crippen LogP contribution in [0.25, 0.3) is 0 Å². The van der Waals surface area contributed by atoms with E-state index in [1.165, 1.54) is 17.8 Å². The molecule has 0 aromatic heterocycles. The molecule has 4 rings (SSSR count). The van der Waals surface area contributed by atoms with E-state index in [9.17, 15) is 36.3 Å². The topological polar surface area (TPSA) is 123 Å². The zero-order valence-electron chi connectivity index (χ0n) is 26.4. The number of nitrogens with one attached hydrogen (secondary N) is 3. The normalized spacial score (nSPS) is 19.0. The van der Waals surface area contributed by atoms with E-state index in [0.29, 0.717) is 22.7 Å². The van der Waals surface area contributed by atoms with E-state index < -0.39 is 30.0 Å². The molecule has 1 aliphatic heterocycles. The van der Waals surface area contributed by atoms with Gasteiger partial charge in [-0.3, -0.25) is 14.6 Å². The highest BCUT2D eigenvalue weighted by molar-refractivity contribution is 8.15. The Labute approximate surface area is 287 Å². The highest BCUT2D eigenvalue weighted by Crippen LogP contribution is 2.46. The summed E-state index contributed by atoms with van der Waals surface area (Å²) in [4.78, 5) is 38.5. The fraction of sp³-hybridized carbons (Fsp3) is 0.455. The molecule has 3 atom stereocenters. The third-order valence-electron chi connectivity index (χ3n) is 6.95. The lowest BCUT2D eigenvalue weighted by atomic mass is 9.87. The largest absolute Gasteiger partial charge is 0.386 e. The fourth-order valence-electron chi connectivity index (χ4n) is 4.35. The number of hydrogen-bond acceptors (Lipinski definition) is 7. The number of nitrogens with zero attached hydrogens (tertiary/aromatic N) is 2. The third-order valence-corrected chi connectivity index (χ3v) is 8.16. The summed E-state index contributed by atoms with van der Waals surface area (Å²) in [5, 5.41) is 17.4. The van der Waals surface area contributed by atoms with E-state index in [2.05, 4.69) is 27.0 Å². The molecular weight excluding hydrogens is 674 g/mol. The van der Waals surface area contributed by atoms with Crippen molar-refractivity contribution in [3.05, 3.63) is 70.8 Å². The van der Waals surface area contributed by atoms with Crippen LogP contribution in [0.3, 0.4) is 0 Å². The van der Waals surface area contributed by atoms with E-state index in [4.69, 9.17) is 17.5 Å². The van der Waals surface area contributed by atoms with Gasteiger partial charge in [0.05, 0.1) is 29.0 Å². The van der Waals surface area contributed by atoms with Gasteiger partial charge in [0.2, 0.25) is 11.8 Å². The van der Waals surface area contributed by atoms with Crippen molar-refractivity contribution in [2.24, 2.45) is 10.4 Å². The highest BCUT2D eigenvalue weighted by Gasteiger charge is 2.45. The Morgan fingerprint density at radius 1 is 1.19 bits per heavy atom. The van der Waals surface area contributed by atoms with Gasteiger partial charge in [-0.25, -0.2) is 8.78 Å². The molecule has 0 spiro atoms. The molecule has 2 aliphatic rings. The van der Waals surface area contributed by atoms with E-state index in [-0.39, 0.29) is 54.6 Å². The van der Waals surface area contributed by atoms with Crippen LogP contribution >= 0.6 is 24.0 Å².